The van der Waals surface area contributed by atoms with Crippen molar-refractivity contribution >= 4 is 11.6 Å². The molecular weight excluding hydrogens is 412 g/mol. The van der Waals surface area contributed by atoms with Crippen LogP contribution in [0.4, 0.5) is 14.5 Å². The molecule has 2 aromatic carbocycles. The fraction of sp³-hybridized carbons (Fsp3) is 0.480. The van der Waals surface area contributed by atoms with Gasteiger partial charge < -0.3 is 15.0 Å². The predicted octanol–water partition coefficient (Wildman–Crippen LogP) is 4.14. The summed E-state index contributed by atoms with van der Waals surface area (Å²) in [4.78, 5) is 17.4. The van der Waals surface area contributed by atoms with Gasteiger partial charge in [0.05, 0.1) is 18.7 Å². The zero-order chi connectivity index (χ0) is 22.7. The van der Waals surface area contributed by atoms with Gasteiger partial charge in [0, 0.05) is 31.2 Å². The van der Waals surface area contributed by atoms with Gasteiger partial charge in [-0.2, -0.15) is 0 Å². The van der Waals surface area contributed by atoms with Crippen LogP contribution in [0, 0.1) is 23.5 Å². The van der Waals surface area contributed by atoms with Crippen molar-refractivity contribution in [3.05, 3.63) is 59.7 Å². The molecular formula is C25H31F2N3O2. The van der Waals surface area contributed by atoms with Crippen LogP contribution in [0.5, 0.6) is 5.75 Å². The second-order valence-electron chi connectivity index (χ2n) is 8.98. The van der Waals surface area contributed by atoms with Crippen molar-refractivity contribution in [2.45, 2.75) is 31.8 Å². The maximum absolute atomic E-state index is 14.1. The number of benzene rings is 2. The van der Waals surface area contributed by atoms with E-state index < -0.39 is 11.6 Å². The number of carbonyl (C=O) groups is 1. The molecule has 2 heterocycles. The maximum Gasteiger partial charge on any atom is 0.228 e. The van der Waals surface area contributed by atoms with Gasteiger partial charge in [0.1, 0.15) is 5.75 Å². The van der Waals surface area contributed by atoms with Crippen LogP contribution in [0.2, 0.25) is 0 Å². The number of halogens is 2. The Morgan fingerprint density at radius 2 is 1.97 bits per heavy atom. The molecule has 2 saturated heterocycles. The van der Waals surface area contributed by atoms with Gasteiger partial charge in [-0.25, -0.2) is 8.78 Å². The summed E-state index contributed by atoms with van der Waals surface area (Å²) < 4.78 is 33.1. The number of nitrogens with zero attached hydrogens (tertiary/aromatic N) is 2. The van der Waals surface area contributed by atoms with Crippen molar-refractivity contribution < 1.29 is 18.3 Å². The largest absolute Gasteiger partial charge is 0.495 e. The summed E-state index contributed by atoms with van der Waals surface area (Å²) in [5.41, 5.74) is 1.09. The summed E-state index contributed by atoms with van der Waals surface area (Å²) in [7, 11) is 3.67. The average molecular weight is 444 g/mol. The van der Waals surface area contributed by atoms with Gasteiger partial charge in [-0.3, -0.25) is 9.69 Å². The lowest BCUT2D eigenvalue weighted by Gasteiger charge is -2.38. The van der Waals surface area contributed by atoms with Crippen LogP contribution in [0.3, 0.4) is 0 Å². The minimum Gasteiger partial charge on any atom is -0.495 e. The predicted molar refractivity (Wildman–Crippen MR) is 121 cm³/mol. The SMILES string of the molecule is COc1ccccc1NC(=O)[C@@H]1C[C@H]([C@H]2CCCN(Cc3cccc(F)c3F)C2)N(C)C1. The van der Waals surface area contributed by atoms with E-state index in [1.165, 1.54) is 0 Å². The lowest BCUT2D eigenvalue weighted by atomic mass is 9.87. The number of nitrogens with one attached hydrogen (secondary N) is 1. The summed E-state index contributed by atoms with van der Waals surface area (Å²) in [6, 6.07) is 12.1. The van der Waals surface area contributed by atoms with Gasteiger partial charge >= 0.3 is 0 Å². The summed E-state index contributed by atoms with van der Waals surface area (Å²) in [6.45, 7) is 2.82. The molecule has 7 heteroatoms. The molecule has 5 nitrogen and oxygen atoms in total. The summed E-state index contributed by atoms with van der Waals surface area (Å²) in [5.74, 6) is -0.578. The first kappa shape index (κ1) is 22.7. The topological polar surface area (TPSA) is 44.8 Å². The Labute approximate surface area is 188 Å². The Morgan fingerprint density at radius 1 is 1.16 bits per heavy atom. The average Bonchev–Trinajstić information content (AvgIpc) is 3.19. The molecule has 0 saturated carbocycles. The molecule has 3 atom stereocenters. The molecule has 0 bridgehead atoms. The number of para-hydroxylation sites is 2. The first-order chi connectivity index (χ1) is 15.5. The zero-order valence-corrected chi connectivity index (χ0v) is 18.7. The molecule has 0 aromatic heterocycles. The fourth-order valence-corrected chi connectivity index (χ4v) is 5.21. The van der Waals surface area contributed by atoms with Gasteiger partial charge in [0.2, 0.25) is 5.91 Å². The first-order valence-corrected chi connectivity index (χ1v) is 11.3. The summed E-state index contributed by atoms with van der Waals surface area (Å²) in [5, 5.41) is 3.02. The van der Waals surface area contributed by atoms with E-state index in [1.54, 1.807) is 19.2 Å². The molecule has 2 fully saturated rings. The van der Waals surface area contributed by atoms with E-state index >= 15 is 0 Å². The van der Waals surface area contributed by atoms with E-state index in [4.69, 9.17) is 4.74 Å². The van der Waals surface area contributed by atoms with Gasteiger partial charge in [-0.15, -0.1) is 0 Å². The van der Waals surface area contributed by atoms with E-state index in [0.717, 1.165) is 38.4 Å². The van der Waals surface area contributed by atoms with Gasteiger partial charge in [-0.05, 0) is 57.0 Å². The lowest BCUT2D eigenvalue weighted by Crippen LogP contribution is -2.43. The normalized spacial score (nSPS) is 24.4. The van der Waals surface area contributed by atoms with Crippen LogP contribution in [-0.2, 0) is 11.3 Å². The second kappa shape index (κ2) is 9.96. The van der Waals surface area contributed by atoms with Crippen LogP contribution in [0.15, 0.2) is 42.5 Å². The highest BCUT2D eigenvalue weighted by atomic mass is 19.2. The molecule has 2 aromatic rings. The number of methoxy groups -OCH3 is 1. The highest BCUT2D eigenvalue weighted by Gasteiger charge is 2.39. The minimum absolute atomic E-state index is 0.0124. The number of rotatable bonds is 6. The first-order valence-electron chi connectivity index (χ1n) is 11.3. The van der Waals surface area contributed by atoms with Crippen molar-refractivity contribution in [1.82, 2.24) is 9.80 Å². The zero-order valence-electron chi connectivity index (χ0n) is 18.7. The molecule has 32 heavy (non-hydrogen) atoms. The molecule has 0 radical (unpaired) electrons. The molecule has 2 aliphatic rings. The number of hydrogen-bond donors (Lipinski definition) is 1. The Balaban J connectivity index is 1.37. The van der Waals surface area contributed by atoms with Crippen molar-refractivity contribution in [3.63, 3.8) is 0 Å². The molecule has 1 amide bonds. The number of carbonyl (C=O) groups excluding carboxylic acids is 1. The lowest BCUT2D eigenvalue weighted by molar-refractivity contribution is -0.119. The van der Waals surface area contributed by atoms with Crippen LogP contribution in [0.1, 0.15) is 24.8 Å². The van der Waals surface area contributed by atoms with E-state index in [2.05, 4.69) is 22.2 Å². The molecule has 0 aliphatic carbocycles. The molecule has 4 rings (SSSR count). The van der Waals surface area contributed by atoms with Crippen molar-refractivity contribution in [3.8, 4) is 5.75 Å². The van der Waals surface area contributed by atoms with E-state index in [9.17, 15) is 13.6 Å². The monoisotopic (exact) mass is 443 g/mol. The van der Waals surface area contributed by atoms with Crippen molar-refractivity contribution in [2.24, 2.45) is 11.8 Å². The summed E-state index contributed by atoms with van der Waals surface area (Å²) >= 11 is 0. The number of likely N-dealkylation sites (tertiary alicyclic amines) is 2. The highest BCUT2D eigenvalue weighted by molar-refractivity contribution is 5.94. The number of ether oxygens (including phenoxy) is 1. The van der Waals surface area contributed by atoms with Crippen LogP contribution in [0.25, 0.3) is 0 Å². The summed E-state index contributed by atoms with van der Waals surface area (Å²) in [6.07, 6.45) is 2.90. The smallest absolute Gasteiger partial charge is 0.228 e. The van der Waals surface area contributed by atoms with Gasteiger partial charge in [-0.1, -0.05) is 24.3 Å². The molecule has 172 valence electrons. The molecule has 1 N–H and O–H groups in total. The number of anilines is 1. The Bertz CT molecular complexity index is 955. The quantitative estimate of drug-likeness (QED) is 0.729. The standard InChI is InChI=1S/C25H31F2N3O2/c1-29-14-19(25(31)28-21-10-3-4-11-23(21)32-2)13-22(29)17-8-6-12-30(15-17)16-18-7-5-9-20(26)24(18)27/h3-5,7,9-11,17,19,22H,6,8,12-16H2,1-2H3,(H,28,31)/t17-,19+,22+/m0/s1. The number of hydrogen-bond acceptors (Lipinski definition) is 4. The van der Waals surface area contributed by atoms with Crippen molar-refractivity contribution in [1.29, 1.82) is 0 Å². The fourth-order valence-electron chi connectivity index (χ4n) is 5.21. The third-order valence-corrected chi connectivity index (χ3v) is 6.85. The molecule has 0 unspecified atom stereocenters. The Hall–Kier alpha value is -2.51. The van der Waals surface area contributed by atoms with Crippen LogP contribution < -0.4 is 10.1 Å². The Kier molecular flexibility index (Phi) is 7.06. The number of amides is 1. The molecule has 0 spiro atoms. The number of piperidine rings is 1. The Morgan fingerprint density at radius 3 is 2.78 bits per heavy atom. The highest BCUT2D eigenvalue weighted by Crippen LogP contribution is 2.34. The third-order valence-electron chi connectivity index (χ3n) is 6.85. The van der Waals surface area contributed by atoms with Crippen molar-refractivity contribution in [2.75, 3.05) is 39.1 Å². The van der Waals surface area contributed by atoms with E-state index in [0.29, 0.717) is 42.0 Å². The van der Waals surface area contributed by atoms with E-state index in [-0.39, 0.29) is 11.8 Å². The van der Waals surface area contributed by atoms with Gasteiger partial charge in [0.15, 0.2) is 11.6 Å². The van der Waals surface area contributed by atoms with Gasteiger partial charge in [0.25, 0.3) is 0 Å². The van der Waals surface area contributed by atoms with Crippen LogP contribution >= 0.6 is 0 Å². The molecule has 2 aliphatic heterocycles. The maximum atomic E-state index is 14.1. The third kappa shape index (κ3) is 4.94. The second-order valence-corrected chi connectivity index (χ2v) is 8.98. The van der Waals surface area contributed by atoms with E-state index in [1.807, 2.05) is 24.3 Å². The minimum atomic E-state index is -0.796. The van der Waals surface area contributed by atoms with Crippen LogP contribution in [-0.4, -0.2) is 55.5 Å².